The molecule has 3 aromatic heterocycles. The van der Waals surface area contributed by atoms with E-state index in [1.165, 1.54) is 12.3 Å². The molecule has 0 fully saturated rings. The summed E-state index contributed by atoms with van der Waals surface area (Å²) in [4.78, 5) is 23.6. The Morgan fingerprint density at radius 2 is 2.04 bits per heavy atom. The second kappa shape index (κ2) is 6.34. The molecule has 0 bridgehead atoms. The van der Waals surface area contributed by atoms with Crippen molar-refractivity contribution in [2.45, 2.75) is 0 Å². The number of para-hydroxylation sites is 2. The number of rotatable bonds is 4. The summed E-state index contributed by atoms with van der Waals surface area (Å²) in [5, 5.41) is 3.45. The molecular formula is C19H18FN5O. The van der Waals surface area contributed by atoms with Gasteiger partial charge in [0.25, 0.3) is 5.91 Å². The van der Waals surface area contributed by atoms with E-state index in [0.717, 1.165) is 17.6 Å². The Kier molecular flexibility index (Phi) is 4.00. The molecule has 0 aliphatic carbocycles. The van der Waals surface area contributed by atoms with Crippen molar-refractivity contribution in [2.75, 3.05) is 27.2 Å². The number of carbonyl (C=O) groups excluding carboxylic acids is 1. The molecule has 3 heterocycles. The lowest BCUT2D eigenvalue weighted by Gasteiger charge is -2.12. The van der Waals surface area contributed by atoms with Crippen molar-refractivity contribution in [3.8, 4) is 0 Å². The Morgan fingerprint density at radius 3 is 2.85 bits per heavy atom. The summed E-state index contributed by atoms with van der Waals surface area (Å²) in [6.45, 7) is 1.24. The topological polar surface area (TPSA) is 62.5 Å². The summed E-state index contributed by atoms with van der Waals surface area (Å²) in [6, 6.07) is 10.6. The summed E-state index contributed by atoms with van der Waals surface area (Å²) in [6.07, 6.45) is 1.17. The fraction of sp³-hybridized carbons (Fsp3) is 0.211. The number of hydrogen-bond acceptors (Lipinski definition) is 4. The third-order valence-electron chi connectivity index (χ3n) is 4.26. The number of pyridine rings is 2. The number of likely N-dealkylation sites (N-methyl/N-ethyl adjacent to an activating group) is 1. The number of benzene rings is 1. The van der Waals surface area contributed by atoms with Gasteiger partial charge < -0.3 is 10.2 Å². The molecule has 0 spiro atoms. The number of nitrogens with one attached hydrogen (secondary N) is 1. The second-order valence-corrected chi connectivity index (χ2v) is 6.44. The van der Waals surface area contributed by atoms with Gasteiger partial charge in [-0.2, -0.15) is 0 Å². The van der Waals surface area contributed by atoms with Gasteiger partial charge in [-0.25, -0.2) is 14.4 Å². The predicted molar refractivity (Wildman–Crippen MR) is 98.8 cm³/mol. The van der Waals surface area contributed by atoms with Crippen LogP contribution in [-0.4, -0.2) is 52.4 Å². The van der Waals surface area contributed by atoms with Gasteiger partial charge in [-0.1, -0.05) is 12.1 Å². The molecule has 0 aliphatic heterocycles. The number of halogens is 1. The number of imidazole rings is 1. The molecule has 0 saturated heterocycles. The summed E-state index contributed by atoms with van der Waals surface area (Å²) in [5.41, 5.74) is 3.07. The monoisotopic (exact) mass is 351 g/mol. The first kappa shape index (κ1) is 16.4. The third-order valence-corrected chi connectivity index (χ3v) is 4.26. The Bertz CT molecular complexity index is 1140. The number of aromatic nitrogens is 3. The highest BCUT2D eigenvalue weighted by molar-refractivity contribution is 6.05. The molecule has 0 atom stereocenters. The predicted octanol–water partition coefficient (Wildman–Crippen LogP) is 2.47. The van der Waals surface area contributed by atoms with Gasteiger partial charge in [0, 0.05) is 18.5 Å². The second-order valence-electron chi connectivity index (χ2n) is 6.44. The van der Waals surface area contributed by atoms with Crippen molar-refractivity contribution in [3.05, 3.63) is 54.0 Å². The smallest absolute Gasteiger partial charge is 0.255 e. The molecule has 1 aromatic carbocycles. The van der Waals surface area contributed by atoms with E-state index in [1.807, 2.05) is 47.7 Å². The highest BCUT2D eigenvalue weighted by Crippen LogP contribution is 2.25. The van der Waals surface area contributed by atoms with Crippen LogP contribution in [-0.2, 0) is 0 Å². The van der Waals surface area contributed by atoms with Gasteiger partial charge in [-0.3, -0.25) is 9.20 Å². The Balaban J connectivity index is 1.94. The molecule has 0 unspecified atom stereocenters. The largest absolute Gasteiger partial charge is 0.351 e. The van der Waals surface area contributed by atoms with Crippen LogP contribution in [0.25, 0.3) is 27.7 Å². The molecule has 7 heteroatoms. The molecule has 1 amide bonds. The molecule has 1 N–H and O–H groups in total. The highest BCUT2D eigenvalue weighted by atomic mass is 19.1. The molecular weight excluding hydrogens is 333 g/mol. The zero-order valence-corrected chi connectivity index (χ0v) is 14.5. The first-order valence-electron chi connectivity index (χ1n) is 8.33. The lowest BCUT2D eigenvalue weighted by Crippen LogP contribution is -2.31. The summed E-state index contributed by atoms with van der Waals surface area (Å²) in [5.74, 6) is -0.682. The van der Waals surface area contributed by atoms with Gasteiger partial charge in [-0.05, 0) is 38.4 Å². The van der Waals surface area contributed by atoms with E-state index in [-0.39, 0.29) is 5.91 Å². The van der Waals surface area contributed by atoms with Gasteiger partial charge in [-0.15, -0.1) is 0 Å². The van der Waals surface area contributed by atoms with Crippen molar-refractivity contribution in [2.24, 2.45) is 0 Å². The Hall–Kier alpha value is -3.06. The summed E-state index contributed by atoms with van der Waals surface area (Å²) < 4.78 is 15.5. The quantitative estimate of drug-likeness (QED) is 0.614. The van der Waals surface area contributed by atoms with Crippen LogP contribution < -0.4 is 5.32 Å². The van der Waals surface area contributed by atoms with Crippen molar-refractivity contribution in [3.63, 3.8) is 0 Å². The van der Waals surface area contributed by atoms with E-state index in [4.69, 9.17) is 0 Å². The molecule has 4 rings (SSSR count). The van der Waals surface area contributed by atoms with E-state index < -0.39 is 5.82 Å². The van der Waals surface area contributed by atoms with Crippen LogP contribution in [0, 0.1) is 5.82 Å². The highest BCUT2D eigenvalue weighted by Gasteiger charge is 2.18. The molecule has 26 heavy (non-hydrogen) atoms. The Morgan fingerprint density at radius 1 is 1.23 bits per heavy atom. The minimum absolute atomic E-state index is 0.238. The van der Waals surface area contributed by atoms with E-state index in [9.17, 15) is 9.18 Å². The lowest BCUT2D eigenvalue weighted by molar-refractivity contribution is 0.0952. The maximum atomic E-state index is 13.7. The van der Waals surface area contributed by atoms with E-state index in [2.05, 4.69) is 15.3 Å². The number of fused-ring (bicyclic) bond motifs is 5. The molecule has 132 valence electrons. The molecule has 0 aliphatic rings. The van der Waals surface area contributed by atoms with Crippen LogP contribution in [0.2, 0.25) is 0 Å². The SMILES string of the molecule is CN(C)CCNC(=O)c1cc2cc(F)cnc2n2c1nc1ccccc12. The fourth-order valence-corrected chi connectivity index (χ4v) is 3.04. The maximum absolute atomic E-state index is 13.7. The van der Waals surface area contributed by atoms with Gasteiger partial charge in [0.15, 0.2) is 5.65 Å². The first-order valence-corrected chi connectivity index (χ1v) is 8.33. The number of amides is 1. The third kappa shape index (κ3) is 2.76. The van der Waals surface area contributed by atoms with Crippen LogP contribution in [0.1, 0.15) is 10.4 Å². The Labute approximate surface area is 149 Å². The normalized spacial score (nSPS) is 11.7. The number of carbonyl (C=O) groups is 1. The minimum atomic E-state index is -0.444. The first-order chi connectivity index (χ1) is 12.5. The standard InChI is InChI=1S/C19H18FN5O/c1-24(2)8-7-21-19(26)14-10-12-9-13(20)11-22-17(12)25-16-6-4-3-5-15(16)23-18(14)25/h3-6,9-11H,7-8H2,1-2H3,(H,21,26). The maximum Gasteiger partial charge on any atom is 0.255 e. The summed E-state index contributed by atoms with van der Waals surface area (Å²) in [7, 11) is 3.88. The van der Waals surface area contributed by atoms with Gasteiger partial charge >= 0.3 is 0 Å². The van der Waals surface area contributed by atoms with Gasteiger partial charge in [0.2, 0.25) is 0 Å². The van der Waals surface area contributed by atoms with Crippen molar-refractivity contribution >= 4 is 33.6 Å². The summed E-state index contributed by atoms with van der Waals surface area (Å²) >= 11 is 0. The fourth-order valence-electron chi connectivity index (χ4n) is 3.04. The van der Waals surface area contributed by atoms with Gasteiger partial charge in [0.1, 0.15) is 11.5 Å². The van der Waals surface area contributed by atoms with E-state index in [0.29, 0.717) is 28.8 Å². The van der Waals surface area contributed by atoms with E-state index >= 15 is 0 Å². The molecule has 0 radical (unpaired) electrons. The minimum Gasteiger partial charge on any atom is -0.351 e. The molecule has 4 aromatic rings. The zero-order valence-electron chi connectivity index (χ0n) is 14.5. The lowest BCUT2D eigenvalue weighted by atomic mass is 10.2. The van der Waals surface area contributed by atoms with Crippen LogP contribution >= 0.6 is 0 Å². The van der Waals surface area contributed by atoms with Gasteiger partial charge in [0.05, 0.1) is 22.8 Å². The van der Waals surface area contributed by atoms with Crippen molar-refractivity contribution in [1.29, 1.82) is 0 Å². The number of nitrogens with zero attached hydrogens (tertiary/aromatic N) is 4. The average molecular weight is 351 g/mol. The van der Waals surface area contributed by atoms with Crippen LogP contribution in [0.3, 0.4) is 0 Å². The van der Waals surface area contributed by atoms with E-state index in [1.54, 1.807) is 6.07 Å². The average Bonchev–Trinajstić information content (AvgIpc) is 3.00. The molecule has 0 saturated carbocycles. The molecule has 6 nitrogen and oxygen atoms in total. The van der Waals surface area contributed by atoms with Crippen LogP contribution in [0.15, 0.2) is 42.6 Å². The van der Waals surface area contributed by atoms with Crippen LogP contribution in [0.5, 0.6) is 0 Å². The van der Waals surface area contributed by atoms with Crippen LogP contribution in [0.4, 0.5) is 4.39 Å². The van der Waals surface area contributed by atoms with Crippen molar-refractivity contribution < 1.29 is 9.18 Å². The zero-order chi connectivity index (χ0) is 18.3. The number of hydrogen-bond donors (Lipinski definition) is 1. The van der Waals surface area contributed by atoms with Crippen molar-refractivity contribution in [1.82, 2.24) is 24.6 Å².